The van der Waals surface area contributed by atoms with Gasteiger partial charge in [-0.05, 0) is 49.7 Å². The molecule has 9 heteroatoms. The van der Waals surface area contributed by atoms with Crippen molar-refractivity contribution in [1.82, 2.24) is 19.9 Å². The first kappa shape index (κ1) is 18.6. The summed E-state index contributed by atoms with van der Waals surface area (Å²) in [5, 5.41) is 2.63. The number of carbonyl (C=O) groups excluding carboxylic acids is 1. The van der Waals surface area contributed by atoms with Gasteiger partial charge in [-0.25, -0.2) is 13.4 Å². The Hall–Kier alpha value is -3.20. The second-order valence-corrected chi connectivity index (χ2v) is 7.96. The molecule has 3 aromatic rings. The highest BCUT2D eigenvalue weighted by Gasteiger charge is 2.16. The topological polar surface area (TPSA) is 115 Å². The number of anilines is 1. The average molecular weight is 383 g/mol. The van der Waals surface area contributed by atoms with Gasteiger partial charge in [-0.1, -0.05) is 6.07 Å². The molecular formula is C18H17N5O3S. The summed E-state index contributed by atoms with van der Waals surface area (Å²) < 4.78 is 23.3. The molecule has 0 saturated heterocycles. The third-order valence-electron chi connectivity index (χ3n) is 3.74. The lowest BCUT2D eigenvalue weighted by Gasteiger charge is -2.09. The maximum absolute atomic E-state index is 12.6. The first-order valence-corrected chi connectivity index (χ1v) is 9.89. The highest BCUT2D eigenvalue weighted by Crippen LogP contribution is 2.17. The molecule has 138 valence electrons. The molecule has 0 atom stereocenters. The van der Waals surface area contributed by atoms with Crippen molar-refractivity contribution < 1.29 is 13.2 Å². The van der Waals surface area contributed by atoms with Crippen molar-refractivity contribution in [2.45, 2.75) is 18.7 Å². The van der Waals surface area contributed by atoms with E-state index in [1.54, 1.807) is 32.2 Å². The molecule has 0 saturated carbocycles. The number of hydrogen-bond donors (Lipinski definition) is 1. The first-order chi connectivity index (χ1) is 12.7. The Morgan fingerprint density at radius 2 is 1.81 bits per heavy atom. The number of sulfone groups is 1. The molecule has 0 fully saturated rings. The largest absolute Gasteiger partial charge is 0.290 e. The number of amides is 1. The molecule has 2 aromatic heterocycles. The van der Waals surface area contributed by atoms with Gasteiger partial charge < -0.3 is 0 Å². The third kappa shape index (κ3) is 4.32. The van der Waals surface area contributed by atoms with Gasteiger partial charge in [0.25, 0.3) is 5.91 Å². The van der Waals surface area contributed by atoms with Crippen LogP contribution < -0.4 is 5.32 Å². The lowest BCUT2D eigenvalue weighted by atomic mass is 10.1. The van der Waals surface area contributed by atoms with E-state index in [4.69, 9.17) is 0 Å². The molecule has 8 nitrogen and oxygen atoms in total. The van der Waals surface area contributed by atoms with Crippen molar-refractivity contribution in [1.29, 1.82) is 0 Å². The summed E-state index contributed by atoms with van der Waals surface area (Å²) >= 11 is 0. The van der Waals surface area contributed by atoms with Crippen LogP contribution in [0.5, 0.6) is 0 Å². The molecule has 1 N–H and O–H groups in total. The summed E-state index contributed by atoms with van der Waals surface area (Å²) in [6.45, 7) is 3.36. The number of hydrogen-bond acceptors (Lipinski definition) is 7. The number of pyridine rings is 1. The molecule has 0 aliphatic carbocycles. The molecule has 2 heterocycles. The van der Waals surface area contributed by atoms with Gasteiger partial charge in [0.05, 0.1) is 4.90 Å². The van der Waals surface area contributed by atoms with Crippen molar-refractivity contribution in [3.63, 3.8) is 0 Å². The Balaban J connectivity index is 1.90. The minimum Gasteiger partial charge on any atom is -0.290 e. The second kappa shape index (κ2) is 7.20. The van der Waals surface area contributed by atoms with E-state index in [0.717, 1.165) is 6.26 Å². The van der Waals surface area contributed by atoms with Crippen LogP contribution in [0.3, 0.4) is 0 Å². The zero-order valence-electron chi connectivity index (χ0n) is 15.0. The Labute approximate surface area is 156 Å². The third-order valence-corrected chi connectivity index (χ3v) is 4.85. The zero-order valence-corrected chi connectivity index (χ0v) is 15.8. The number of benzene rings is 1. The zero-order chi connectivity index (χ0) is 19.6. The van der Waals surface area contributed by atoms with Crippen LogP contribution in [0, 0.1) is 13.8 Å². The van der Waals surface area contributed by atoms with E-state index in [0.29, 0.717) is 28.5 Å². The van der Waals surface area contributed by atoms with E-state index >= 15 is 0 Å². The quantitative estimate of drug-likeness (QED) is 0.734. The molecule has 0 radical (unpaired) electrons. The van der Waals surface area contributed by atoms with Gasteiger partial charge in [0.1, 0.15) is 11.5 Å². The molecule has 3 rings (SSSR count). The van der Waals surface area contributed by atoms with Crippen molar-refractivity contribution >= 4 is 21.7 Å². The Kier molecular flexibility index (Phi) is 4.95. The van der Waals surface area contributed by atoms with Crippen molar-refractivity contribution in [3.8, 4) is 11.5 Å². The summed E-state index contributed by atoms with van der Waals surface area (Å²) in [7, 11) is -3.34. The normalized spacial score (nSPS) is 11.2. The molecule has 0 aliphatic heterocycles. The molecule has 0 bridgehead atoms. The Morgan fingerprint density at radius 3 is 2.44 bits per heavy atom. The average Bonchev–Trinajstić information content (AvgIpc) is 2.61. The molecule has 27 heavy (non-hydrogen) atoms. The van der Waals surface area contributed by atoms with Crippen molar-refractivity contribution in [3.05, 3.63) is 59.5 Å². The van der Waals surface area contributed by atoms with Crippen LogP contribution in [0.1, 0.15) is 21.7 Å². The predicted octanol–water partition coefficient (Wildman–Crippen LogP) is 2.21. The Bertz CT molecular complexity index is 1120. The predicted molar refractivity (Wildman–Crippen MR) is 100 cm³/mol. The van der Waals surface area contributed by atoms with Crippen LogP contribution in [0.4, 0.5) is 5.95 Å². The molecule has 1 aromatic carbocycles. The van der Waals surface area contributed by atoms with Crippen LogP contribution in [0.15, 0.2) is 47.5 Å². The molecular weight excluding hydrogens is 366 g/mol. The van der Waals surface area contributed by atoms with E-state index in [9.17, 15) is 13.2 Å². The molecule has 0 spiro atoms. The maximum atomic E-state index is 12.6. The van der Waals surface area contributed by atoms with Crippen LogP contribution in [0.25, 0.3) is 11.5 Å². The lowest BCUT2D eigenvalue weighted by Crippen LogP contribution is -2.17. The smallest absolute Gasteiger partial charge is 0.258 e. The lowest BCUT2D eigenvalue weighted by molar-refractivity contribution is 0.102. The SMILES string of the molecule is Cc1nc(NC(=O)c2ccc(S(C)(=O)=O)cc2C)nc(-c2ccccn2)n1. The number of nitrogens with one attached hydrogen (secondary N) is 1. The molecule has 0 unspecified atom stereocenters. The number of carbonyl (C=O) groups is 1. The van der Waals surface area contributed by atoms with Gasteiger partial charge in [0.2, 0.25) is 5.95 Å². The van der Waals surface area contributed by atoms with E-state index in [2.05, 4.69) is 25.3 Å². The van der Waals surface area contributed by atoms with E-state index in [-0.39, 0.29) is 10.8 Å². The van der Waals surface area contributed by atoms with Gasteiger partial charge in [-0.15, -0.1) is 0 Å². The first-order valence-electron chi connectivity index (χ1n) is 8.00. The minimum atomic E-state index is -3.34. The summed E-state index contributed by atoms with van der Waals surface area (Å²) in [5.41, 5.74) is 1.43. The van der Waals surface area contributed by atoms with Crippen LogP contribution in [-0.4, -0.2) is 40.5 Å². The number of nitrogens with zero attached hydrogens (tertiary/aromatic N) is 4. The summed E-state index contributed by atoms with van der Waals surface area (Å²) in [4.78, 5) is 29.5. The summed E-state index contributed by atoms with van der Waals surface area (Å²) in [6.07, 6.45) is 2.74. The summed E-state index contributed by atoms with van der Waals surface area (Å²) in [5.74, 6) is 0.442. The fourth-order valence-electron chi connectivity index (χ4n) is 2.44. The second-order valence-electron chi connectivity index (χ2n) is 5.95. The van der Waals surface area contributed by atoms with Crippen molar-refractivity contribution in [2.75, 3.05) is 11.6 Å². The standard InChI is InChI=1S/C18H17N5O3S/c1-11-10-13(27(3,25)26)7-8-14(11)17(24)23-18-21-12(2)20-16(22-18)15-6-4-5-9-19-15/h4-10H,1-3H3,(H,20,21,22,23,24). The van der Waals surface area contributed by atoms with E-state index < -0.39 is 15.7 Å². The molecule has 0 aliphatic rings. The van der Waals surface area contributed by atoms with Gasteiger partial charge in [0.15, 0.2) is 15.7 Å². The summed E-state index contributed by atoms with van der Waals surface area (Å²) in [6, 6.07) is 9.68. The highest BCUT2D eigenvalue weighted by atomic mass is 32.2. The number of aromatic nitrogens is 4. The van der Waals surface area contributed by atoms with Crippen molar-refractivity contribution in [2.24, 2.45) is 0 Å². The van der Waals surface area contributed by atoms with Crippen LogP contribution in [0.2, 0.25) is 0 Å². The van der Waals surface area contributed by atoms with E-state index in [1.165, 1.54) is 18.2 Å². The monoisotopic (exact) mass is 383 g/mol. The van der Waals surface area contributed by atoms with Crippen LogP contribution in [-0.2, 0) is 9.84 Å². The van der Waals surface area contributed by atoms with Gasteiger partial charge in [-0.2, -0.15) is 9.97 Å². The fraction of sp³-hybridized carbons (Fsp3) is 0.167. The van der Waals surface area contributed by atoms with Gasteiger partial charge in [-0.3, -0.25) is 15.1 Å². The fourth-order valence-corrected chi connectivity index (χ4v) is 3.14. The van der Waals surface area contributed by atoms with Gasteiger partial charge >= 0.3 is 0 Å². The Morgan fingerprint density at radius 1 is 1.04 bits per heavy atom. The molecule has 1 amide bonds. The maximum Gasteiger partial charge on any atom is 0.258 e. The number of aryl methyl sites for hydroxylation is 2. The number of rotatable bonds is 4. The minimum absolute atomic E-state index is 0.0970. The van der Waals surface area contributed by atoms with E-state index in [1.807, 2.05) is 6.07 Å². The highest BCUT2D eigenvalue weighted by molar-refractivity contribution is 7.90. The van der Waals surface area contributed by atoms with Crippen LogP contribution >= 0.6 is 0 Å². The van der Waals surface area contributed by atoms with Gasteiger partial charge in [0, 0.05) is 18.0 Å².